The van der Waals surface area contributed by atoms with Crippen molar-refractivity contribution in [3.05, 3.63) is 106 Å². The highest BCUT2D eigenvalue weighted by Crippen LogP contribution is 2.40. The molecule has 0 saturated heterocycles. The second-order valence-electron chi connectivity index (χ2n) is 9.30. The third-order valence-corrected chi connectivity index (χ3v) is 7.17. The van der Waals surface area contributed by atoms with Gasteiger partial charge in [-0.05, 0) is 42.3 Å². The summed E-state index contributed by atoms with van der Waals surface area (Å²) in [6, 6.07) is 13.7. The van der Waals surface area contributed by atoms with Crippen LogP contribution in [-0.4, -0.2) is 7.11 Å². The van der Waals surface area contributed by atoms with Crippen LogP contribution in [0.15, 0.2) is 48.5 Å². The third kappa shape index (κ3) is 4.84. The molecule has 39 heavy (non-hydrogen) atoms. The number of hydrogen-bond acceptors (Lipinski definition) is 2. The van der Waals surface area contributed by atoms with Crippen LogP contribution in [0.25, 0.3) is 11.1 Å². The molecule has 0 aliphatic carbocycles. The standard InChI is InChI=1S/C29H22F7O2P/c1-13-20(30)22(32)18(23(33)21(13)31)19-24(34)26(36)27(28(39)25(19)35)38-17-11-7-15(8-12-17)29(2,3)14-5-9-16(37-4)10-6-14/h5-12H,39H2,1-4H3. The van der Waals surface area contributed by atoms with Crippen molar-refractivity contribution in [3.8, 4) is 28.4 Å². The van der Waals surface area contributed by atoms with E-state index < -0.39 is 73.9 Å². The fourth-order valence-corrected chi connectivity index (χ4v) is 4.50. The van der Waals surface area contributed by atoms with Crippen molar-refractivity contribution in [2.24, 2.45) is 0 Å². The van der Waals surface area contributed by atoms with E-state index in [2.05, 4.69) is 0 Å². The molecule has 0 saturated carbocycles. The lowest BCUT2D eigenvalue weighted by molar-refractivity contribution is 0.412. The number of ether oxygens (including phenoxy) is 2. The molecule has 0 aliphatic rings. The topological polar surface area (TPSA) is 18.5 Å². The monoisotopic (exact) mass is 566 g/mol. The fraction of sp³-hybridized carbons (Fsp3) is 0.172. The summed E-state index contributed by atoms with van der Waals surface area (Å²) in [7, 11) is 3.31. The lowest BCUT2D eigenvalue weighted by atomic mass is 9.78. The van der Waals surface area contributed by atoms with Gasteiger partial charge in [0.2, 0.25) is 5.82 Å². The SMILES string of the molecule is COc1ccc(C(C)(C)c2ccc(Oc3c(F)c(F)c(-c4c(F)c(F)c(C)c(F)c4F)c(F)c3P)cc2)cc1. The molecule has 0 heterocycles. The Labute approximate surface area is 222 Å². The molecule has 0 spiro atoms. The molecular formula is C29H22F7O2P. The fourth-order valence-electron chi connectivity index (χ4n) is 4.17. The van der Waals surface area contributed by atoms with Gasteiger partial charge in [-0.2, -0.15) is 4.39 Å². The Bertz CT molecular complexity index is 1510. The Kier molecular flexibility index (Phi) is 7.68. The molecule has 4 aromatic carbocycles. The summed E-state index contributed by atoms with van der Waals surface area (Å²) < 4.78 is 113. The summed E-state index contributed by atoms with van der Waals surface area (Å²) in [4.78, 5) is 0. The number of halogens is 7. The van der Waals surface area contributed by atoms with Crippen LogP contribution in [0.4, 0.5) is 30.7 Å². The molecule has 0 amide bonds. The van der Waals surface area contributed by atoms with E-state index in [1.807, 2.05) is 38.1 Å². The molecule has 0 fully saturated rings. The molecule has 2 nitrogen and oxygen atoms in total. The Hall–Kier alpha value is -3.58. The normalized spacial score (nSPS) is 11.6. The summed E-state index contributed by atoms with van der Waals surface area (Å²) in [5.74, 6) is -13.6. The first-order valence-electron chi connectivity index (χ1n) is 11.5. The minimum Gasteiger partial charge on any atom is -0.497 e. The smallest absolute Gasteiger partial charge is 0.202 e. The van der Waals surface area contributed by atoms with Crippen LogP contribution >= 0.6 is 9.24 Å². The highest BCUT2D eigenvalue weighted by molar-refractivity contribution is 7.27. The van der Waals surface area contributed by atoms with Gasteiger partial charge in [0.15, 0.2) is 34.8 Å². The van der Waals surface area contributed by atoms with Gasteiger partial charge >= 0.3 is 0 Å². The molecule has 204 valence electrons. The molecule has 0 N–H and O–H groups in total. The average molecular weight is 566 g/mol. The number of methoxy groups -OCH3 is 1. The van der Waals surface area contributed by atoms with Gasteiger partial charge in [0, 0.05) is 11.0 Å². The van der Waals surface area contributed by atoms with Gasteiger partial charge in [0.25, 0.3) is 0 Å². The van der Waals surface area contributed by atoms with Crippen molar-refractivity contribution in [1.82, 2.24) is 0 Å². The van der Waals surface area contributed by atoms with Crippen LogP contribution in [0, 0.1) is 47.6 Å². The van der Waals surface area contributed by atoms with Gasteiger partial charge in [-0.3, -0.25) is 0 Å². The molecular weight excluding hydrogens is 544 g/mol. The lowest BCUT2D eigenvalue weighted by Crippen LogP contribution is -2.18. The van der Waals surface area contributed by atoms with Gasteiger partial charge in [-0.1, -0.05) is 47.4 Å². The predicted octanol–water partition coefficient (Wildman–Crippen LogP) is 8.26. The maximum Gasteiger partial charge on any atom is 0.202 e. The van der Waals surface area contributed by atoms with Crippen molar-refractivity contribution in [1.29, 1.82) is 0 Å². The molecule has 0 radical (unpaired) electrons. The van der Waals surface area contributed by atoms with Crippen molar-refractivity contribution in [3.63, 3.8) is 0 Å². The highest BCUT2D eigenvalue weighted by Gasteiger charge is 2.33. The van der Waals surface area contributed by atoms with Crippen molar-refractivity contribution < 1.29 is 40.2 Å². The first kappa shape index (κ1) is 28.4. The number of hydrogen-bond donors (Lipinski definition) is 0. The Morgan fingerprint density at radius 2 is 1.00 bits per heavy atom. The minimum absolute atomic E-state index is 0.00298. The van der Waals surface area contributed by atoms with Gasteiger partial charge < -0.3 is 9.47 Å². The van der Waals surface area contributed by atoms with E-state index in [1.165, 1.54) is 12.1 Å². The van der Waals surface area contributed by atoms with E-state index in [9.17, 15) is 22.0 Å². The van der Waals surface area contributed by atoms with E-state index in [1.54, 1.807) is 28.5 Å². The molecule has 0 aliphatic heterocycles. The molecule has 0 bridgehead atoms. The summed E-state index contributed by atoms with van der Waals surface area (Å²) >= 11 is 0. The van der Waals surface area contributed by atoms with E-state index in [0.717, 1.165) is 18.1 Å². The van der Waals surface area contributed by atoms with Crippen molar-refractivity contribution >= 4 is 14.5 Å². The Morgan fingerprint density at radius 1 is 0.590 bits per heavy atom. The van der Waals surface area contributed by atoms with Gasteiger partial charge in [-0.25, -0.2) is 26.3 Å². The molecule has 0 aromatic heterocycles. The van der Waals surface area contributed by atoms with Crippen molar-refractivity contribution in [2.45, 2.75) is 26.2 Å². The third-order valence-electron chi connectivity index (χ3n) is 6.65. The molecule has 1 atom stereocenters. The van der Waals surface area contributed by atoms with Crippen LogP contribution in [-0.2, 0) is 5.41 Å². The predicted molar refractivity (Wildman–Crippen MR) is 137 cm³/mol. The van der Waals surface area contributed by atoms with E-state index in [-0.39, 0.29) is 5.75 Å². The van der Waals surface area contributed by atoms with Crippen molar-refractivity contribution in [2.75, 3.05) is 7.11 Å². The largest absolute Gasteiger partial charge is 0.497 e. The van der Waals surface area contributed by atoms with Crippen LogP contribution in [0.2, 0.25) is 0 Å². The molecule has 4 rings (SSSR count). The summed E-state index contributed by atoms with van der Waals surface area (Å²) in [5.41, 5.74) is -2.99. The molecule has 10 heteroatoms. The maximum absolute atomic E-state index is 15.2. The molecule has 4 aromatic rings. The van der Waals surface area contributed by atoms with Crippen LogP contribution in [0.3, 0.4) is 0 Å². The first-order valence-corrected chi connectivity index (χ1v) is 12.1. The Balaban J connectivity index is 1.72. The van der Waals surface area contributed by atoms with E-state index >= 15 is 8.78 Å². The zero-order chi connectivity index (χ0) is 28.8. The first-order chi connectivity index (χ1) is 18.3. The zero-order valence-electron chi connectivity index (χ0n) is 21.2. The quantitative estimate of drug-likeness (QED) is 0.133. The van der Waals surface area contributed by atoms with Gasteiger partial charge in [-0.15, -0.1) is 0 Å². The second-order valence-corrected chi connectivity index (χ2v) is 9.87. The van der Waals surface area contributed by atoms with E-state index in [0.29, 0.717) is 5.75 Å². The summed E-state index contributed by atoms with van der Waals surface area (Å²) in [5, 5.41) is -0.744. The zero-order valence-corrected chi connectivity index (χ0v) is 22.3. The summed E-state index contributed by atoms with van der Waals surface area (Å²) in [6.45, 7) is 4.70. The highest BCUT2D eigenvalue weighted by atomic mass is 31.0. The van der Waals surface area contributed by atoms with E-state index in [4.69, 9.17) is 9.47 Å². The van der Waals surface area contributed by atoms with Crippen LogP contribution in [0.5, 0.6) is 17.2 Å². The number of rotatable bonds is 6. The summed E-state index contributed by atoms with van der Waals surface area (Å²) in [6.07, 6.45) is 0. The van der Waals surface area contributed by atoms with Crippen LogP contribution in [0.1, 0.15) is 30.5 Å². The Morgan fingerprint density at radius 3 is 1.46 bits per heavy atom. The maximum atomic E-state index is 15.2. The lowest BCUT2D eigenvalue weighted by Gasteiger charge is -2.26. The molecule has 1 unspecified atom stereocenters. The minimum atomic E-state index is -2.08. The second kappa shape index (κ2) is 10.5. The average Bonchev–Trinajstić information content (AvgIpc) is 2.94. The number of benzene rings is 4. The van der Waals surface area contributed by atoms with Crippen LogP contribution < -0.4 is 14.8 Å². The van der Waals surface area contributed by atoms with Gasteiger partial charge in [0.05, 0.1) is 23.5 Å². The van der Waals surface area contributed by atoms with Gasteiger partial charge in [0.1, 0.15) is 17.3 Å².